The molecule has 3 N–H and O–H groups in total. The second-order valence-corrected chi connectivity index (χ2v) is 7.48. The number of aromatic carboxylic acids is 1. The lowest BCUT2D eigenvalue weighted by Gasteiger charge is -2.07. The van der Waals surface area contributed by atoms with Gasteiger partial charge in [-0.05, 0) is 29.8 Å². The fourth-order valence-electron chi connectivity index (χ4n) is 2.93. The lowest BCUT2D eigenvalue weighted by molar-refractivity contribution is 0.0699. The predicted octanol–water partition coefficient (Wildman–Crippen LogP) is 5.27. The van der Waals surface area contributed by atoms with Crippen molar-refractivity contribution in [2.75, 3.05) is 5.32 Å². The summed E-state index contributed by atoms with van der Waals surface area (Å²) in [6.07, 6.45) is 0. The number of pyridine rings is 1. The molecule has 0 spiro atoms. The third-order valence-electron chi connectivity index (χ3n) is 4.32. The van der Waals surface area contributed by atoms with Crippen LogP contribution in [0.4, 0.5) is 5.00 Å². The van der Waals surface area contributed by atoms with E-state index in [-0.39, 0.29) is 22.0 Å². The Bertz CT molecular complexity index is 1250. The predicted molar refractivity (Wildman–Crippen MR) is 113 cm³/mol. The monoisotopic (exact) mass is 424 g/mol. The summed E-state index contributed by atoms with van der Waals surface area (Å²) in [7, 11) is 0. The Hall–Kier alpha value is -3.42. The molecule has 0 aliphatic heterocycles. The normalized spacial score (nSPS) is 10.8. The lowest BCUT2D eigenvalue weighted by atomic mass is 10.0. The molecule has 0 radical (unpaired) electrons. The van der Waals surface area contributed by atoms with Crippen LogP contribution in [0.5, 0.6) is 5.75 Å². The minimum absolute atomic E-state index is 0.00527. The van der Waals surface area contributed by atoms with Gasteiger partial charge in [-0.25, -0.2) is 9.78 Å². The number of hydrogen-bond acceptors (Lipinski definition) is 5. The van der Waals surface area contributed by atoms with Crippen LogP contribution in [0, 0.1) is 0 Å². The molecule has 0 saturated heterocycles. The van der Waals surface area contributed by atoms with Crippen LogP contribution in [0.3, 0.4) is 0 Å². The molecule has 0 aliphatic carbocycles. The third kappa shape index (κ3) is 3.65. The molecule has 144 valence electrons. The number of para-hydroxylation sites is 1. The Labute approximate surface area is 174 Å². The summed E-state index contributed by atoms with van der Waals surface area (Å²) in [4.78, 5) is 28.7. The Balaban J connectivity index is 1.69. The van der Waals surface area contributed by atoms with Gasteiger partial charge in [0.25, 0.3) is 5.91 Å². The first-order valence-corrected chi connectivity index (χ1v) is 9.70. The van der Waals surface area contributed by atoms with Crippen molar-refractivity contribution >= 4 is 50.7 Å². The van der Waals surface area contributed by atoms with Crippen LogP contribution in [0.15, 0.2) is 60.0 Å². The SMILES string of the molecule is O=C(Nc1scc(-c2ccc(Cl)cc2)c1C(=O)O)c1ccc2cccc(O)c2n1. The van der Waals surface area contributed by atoms with Crippen LogP contribution in [0.25, 0.3) is 22.0 Å². The van der Waals surface area contributed by atoms with Gasteiger partial charge >= 0.3 is 5.97 Å². The Morgan fingerprint density at radius 3 is 2.52 bits per heavy atom. The number of aromatic nitrogens is 1. The van der Waals surface area contributed by atoms with Gasteiger partial charge in [0.15, 0.2) is 0 Å². The van der Waals surface area contributed by atoms with Crippen molar-refractivity contribution in [3.8, 4) is 16.9 Å². The molecule has 4 aromatic rings. The zero-order chi connectivity index (χ0) is 20.5. The van der Waals surface area contributed by atoms with Crippen LogP contribution in [0.1, 0.15) is 20.8 Å². The molecular weight excluding hydrogens is 412 g/mol. The summed E-state index contributed by atoms with van der Waals surface area (Å²) in [5, 5.41) is 25.4. The number of carbonyl (C=O) groups is 2. The van der Waals surface area contributed by atoms with Gasteiger partial charge in [0, 0.05) is 21.4 Å². The number of carboxylic acid groups (broad SMARTS) is 1. The zero-order valence-electron chi connectivity index (χ0n) is 14.7. The summed E-state index contributed by atoms with van der Waals surface area (Å²) in [5.74, 6) is -1.76. The Morgan fingerprint density at radius 2 is 1.79 bits per heavy atom. The fraction of sp³-hybridized carbons (Fsp3) is 0. The minimum Gasteiger partial charge on any atom is -0.506 e. The topological polar surface area (TPSA) is 99.5 Å². The number of carbonyl (C=O) groups excluding carboxylic acids is 1. The molecule has 2 heterocycles. The van der Waals surface area contributed by atoms with E-state index >= 15 is 0 Å². The number of nitrogens with zero attached hydrogens (tertiary/aromatic N) is 1. The number of halogens is 1. The number of hydrogen-bond donors (Lipinski definition) is 3. The smallest absolute Gasteiger partial charge is 0.339 e. The van der Waals surface area contributed by atoms with Gasteiger partial charge in [0.1, 0.15) is 27.5 Å². The van der Waals surface area contributed by atoms with E-state index in [1.165, 1.54) is 12.1 Å². The second-order valence-electron chi connectivity index (χ2n) is 6.17. The number of thiophene rings is 1. The summed E-state index contributed by atoms with van der Waals surface area (Å²) in [6.45, 7) is 0. The number of nitrogens with one attached hydrogen (secondary N) is 1. The number of aromatic hydroxyl groups is 1. The number of amides is 1. The van der Waals surface area contributed by atoms with Gasteiger partial charge in [-0.15, -0.1) is 11.3 Å². The molecule has 1 amide bonds. The maximum Gasteiger partial charge on any atom is 0.339 e. The van der Waals surface area contributed by atoms with Crippen LogP contribution in [0.2, 0.25) is 5.02 Å². The fourth-order valence-corrected chi connectivity index (χ4v) is 4.01. The third-order valence-corrected chi connectivity index (χ3v) is 5.47. The van der Waals surface area contributed by atoms with Crippen LogP contribution < -0.4 is 5.32 Å². The second kappa shape index (κ2) is 7.54. The molecule has 0 bridgehead atoms. The van der Waals surface area contributed by atoms with Crippen molar-refractivity contribution in [2.45, 2.75) is 0 Å². The first-order chi connectivity index (χ1) is 13.9. The lowest BCUT2D eigenvalue weighted by Crippen LogP contribution is -2.15. The molecule has 0 unspecified atom stereocenters. The van der Waals surface area contributed by atoms with E-state index in [9.17, 15) is 19.8 Å². The number of fused-ring (bicyclic) bond motifs is 1. The highest BCUT2D eigenvalue weighted by molar-refractivity contribution is 7.15. The van der Waals surface area contributed by atoms with Gasteiger partial charge in [0.2, 0.25) is 0 Å². The largest absolute Gasteiger partial charge is 0.506 e. The number of phenols is 1. The Kier molecular flexibility index (Phi) is 4.92. The maximum absolute atomic E-state index is 12.7. The molecule has 4 rings (SSSR count). The standard InChI is InChI=1S/C21H13ClN2O4S/c22-13-7-4-11(5-8-13)14-10-29-20(17(14)21(27)28)24-19(26)15-9-6-12-2-1-3-16(25)18(12)23-15/h1-10,25H,(H,24,26)(H,27,28). The molecule has 0 saturated carbocycles. The molecule has 8 heteroatoms. The summed E-state index contributed by atoms with van der Waals surface area (Å²) in [5.41, 5.74) is 1.52. The Morgan fingerprint density at radius 1 is 1.03 bits per heavy atom. The molecule has 6 nitrogen and oxygen atoms in total. The van der Waals surface area contributed by atoms with E-state index in [4.69, 9.17) is 11.6 Å². The van der Waals surface area contributed by atoms with E-state index in [1.54, 1.807) is 47.8 Å². The molecule has 29 heavy (non-hydrogen) atoms. The molecule has 0 atom stereocenters. The highest BCUT2D eigenvalue weighted by atomic mass is 35.5. The van der Waals surface area contributed by atoms with Gasteiger partial charge in [-0.3, -0.25) is 4.79 Å². The number of rotatable bonds is 4. The number of anilines is 1. The highest BCUT2D eigenvalue weighted by Crippen LogP contribution is 2.36. The van der Waals surface area contributed by atoms with Crippen molar-refractivity contribution in [3.63, 3.8) is 0 Å². The van der Waals surface area contributed by atoms with E-state index in [0.717, 1.165) is 11.3 Å². The van der Waals surface area contributed by atoms with Crippen molar-refractivity contribution < 1.29 is 19.8 Å². The summed E-state index contributed by atoms with van der Waals surface area (Å²) < 4.78 is 0. The van der Waals surface area contributed by atoms with Crippen molar-refractivity contribution in [1.29, 1.82) is 0 Å². The number of phenolic OH excluding ortho intramolecular Hbond substituents is 1. The van der Waals surface area contributed by atoms with Gasteiger partial charge in [0.05, 0.1) is 0 Å². The molecule has 2 aromatic heterocycles. The van der Waals surface area contributed by atoms with Gasteiger partial charge in [-0.2, -0.15) is 0 Å². The van der Waals surface area contributed by atoms with E-state index in [1.807, 2.05) is 0 Å². The van der Waals surface area contributed by atoms with Crippen molar-refractivity contribution in [3.05, 3.63) is 76.3 Å². The van der Waals surface area contributed by atoms with Gasteiger partial charge < -0.3 is 15.5 Å². The average Bonchev–Trinajstić information content (AvgIpc) is 3.12. The van der Waals surface area contributed by atoms with Crippen LogP contribution >= 0.6 is 22.9 Å². The molecule has 2 aromatic carbocycles. The van der Waals surface area contributed by atoms with E-state index in [2.05, 4.69) is 10.3 Å². The number of benzene rings is 2. The number of carboxylic acids is 1. The maximum atomic E-state index is 12.7. The van der Waals surface area contributed by atoms with E-state index in [0.29, 0.717) is 27.1 Å². The quantitative estimate of drug-likeness (QED) is 0.414. The minimum atomic E-state index is -1.16. The van der Waals surface area contributed by atoms with E-state index < -0.39 is 11.9 Å². The molecule has 0 fully saturated rings. The summed E-state index contributed by atoms with van der Waals surface area (Å²) >= 11 is 7.01. The van der Waals surface area contributed by atoms with Crippen molar-refractivity contribution in [2.24, 2.45) is 0 Å². The van der Waals surface area contributed by atoms with Crippen LogP contribution in [-0.4, -0.2) is 27.1 Å². The average molecular weight is 425 g/mol. The molecule has 0 aliphatic rings. The van der Waals surface area contributed by atoms with Crippen molar-refractivity contribution in [1.82, 2.24) is 4.98 Å². The van der Waals surface area contributed by atoms with Crippen LogP contribution in [-0.2, 0) is 0 Å². The first kappa shape index (κ1) is 18.9. The molecular formula is C21H13ClN2O4S. The summed E-state index contributed by atoms with van der Waals surface area (Å²) in [6, 6.07) is 14.9. The zero-order valence-corrected chi connectivity index (χ0v) is 16.3. The first-order valence-electron chi connectivity index (χ1n) is 8.45. The van der Waals surface area contributed by atoms with Gasteiger partial charge in [-0.1, -0.05) is 41.9 Å². The highest BCUT2D eigenvalue weighted by Gasteiger charge is 2.22.